The highest BCUT2D eigenvalue weighted by Crippen LogP contribution is 2.38. The molecular weight excluding hydrogens is 859 g/mol. The fourth-order valence-electron chi connectivity index (χ4n) is 8.64. The van der Waals surface area contributed by atoms with E-state index in [4.69, 9.17) is 9.97 Å². The molecule has 0 saturated heterocycles. The molecule has 0 radical (unpaired) electrons. The third kappa shape index (κ3) is 10.1. The van der Waals surface area contributed by atoms with Gasteiger partial charge in [0.25, 0.3) is 0 Å². The van der Waals surface area contributed by atoms with E-state index in [1.807, 2.05) is 91.0 Å². The van der Waals surface area contributed by atoms with Crippen LogP contribution in [0.3, 0.4) is 0 Å². The number of hydrogen-bond donors (Lipinski definition) is 6. The molecule has 4 aromatic carbocycles. The van der Waals surface area contributed by atoms with Crippen LogP contribution in [0.2, 0.25) is 0 Å². The molecule has 5 heterocycles. The van der Waals surface area contributed by atoms with Crippen molar-refractivity contribution in [3.8, 4) is 44.5 Å². The first-order valence-electron chi connectivity index (χ1n) is 21.9. The molecule has 14 nitrogen and oxygen atoms in total. The molecule has 9 rings (SSSR count). The zero-order valence-corrected chi connectivity index (χ0v) is 36.6. The second-order valence-corrected chi connectivity index (χ2v) is 16.3. The van der Waals surface area contributed by atoms with Gasteiger partial charge in [0.1, 0.15) is 0 Å². The van der Waals surface area contributed by atoms with Gasteiger partial charge in [0.2, 0.25) is 5.91 Å². The first kappa shape index (κ1) is 44.5. The van der Waals surface area contributed by atoms with Gasteiger partial charge in [-0.2, -0.15) is 0 Å². The number of carbonyl (C=O) groups is 4. The van der Waals surface area contributed by atoms with E-state index in [-0.39, 0.29) is 19.6 Å². The minimum Gasteiger partial charge on any atom is -0.480 e. The number of aliphatic carboxylic acids is 3. The molecule has 2 aliphatic heterocycles. The zero-order valence-electron chi connectivity index (χ0n) is 36.6. The number of amides is 1. The Morgan fingerprint density at radius 3 is 1.04 bits per heavy atom. The van der Waals surface area contributed by atoms with Gasteiger partial charge in [-0.25, -0.2) is 9.97 Å². The highest BCUT2D eigenvalue weighted by Gasteiger charge is 2.21. The van der Waals surface area contributed by atoms with Crippen LogP contribution < -0.4 is 5.32 Å². The SMILES string of the molecule is O=C(O)CN(CCN(CC(=O)O)CC(=O)Nc1ccc(-c2c3nc(c(-c4ccccc4)c4ccc([nH]4)c(-c4ccccc4)c4nc(c(-c5ccccc5)c5ccc2[nH]5)C=C4)C=C3)cc1)CC(=O)O. The number of fused-ring (bicyclic) bond motifs is 8. The molecule has 0 atom stereocenters. The molecule has 338 valence electrons. The van der Waals surface area contributed by atoms with Crippen molar-refractivity contribution in [2.24, 2.45) is 0 Å². The van der Waals surface area contributed by atoms with Gasteiger partial charge in [-0.3, -0.25) is 29.0 Å². The molecule has 3 aromatic heterocycles. The number of carboxylic acids is 3. The molecule has 0 unspecified atom stereocenters. The van der Waals surface area contributed by atoms with Crippen molar-refractivity contribution < 1.29 is 34.5 Å². The fraction of sp³-hybridized carbons (Fsp3) is 0.111. The molecule has 0 aliphatic carbocycles. The number of benzene rings is 4. The minimum absolute atomic E-state index is 0.0572. The van der Waals surface area contributed by atoms with E-state index in [1.54, 1.807) is 12.1 Å². The molecule has 0 fully saturated rings. The van der Waals surface area contributed by atoms with Crippen molar-refractivity contribution in [3.05, 3.63) is 162 Å². The topological polar surface area (TPSA) is 205 Å². The summed E-state index contributed by atoms with van der Waals surface area (Å²) in [6, 6.07) is 46.1. The van der Waals surface area contributed by atoms with Crippen molar-refractivity contribution in [1.29, 1.82) is 0 Å². The van der Waals surface area contributed by atoms with Gasteiger partial charge in [0.15, 0.2) is 0 Å². The van der Waals surface area contributed by atoms with Crippen molar-refractivity contribution >= 4 is 75.9 Å². The molecule has 6 N–H and O–H groups in total. The Hall–Kier alpha value is -8.72. The number of rotatable bonds is 16. The summed E-state index contributed by atoms with van der Waals surface area (Å²) in [5.74, 6) is -4.15. The lowest BCUT2D eigenvalue weighted by Crippen LogP contribution is -2.44. The Labute approximate surface area is 390 Å². The number of hydrogen-bond acceptors (Lipinski definition) is 8. The molecular formula is C54H45N7O7. The highest BCUT2D eigenvalue weighted by atomic mass is 16.4. The Morgan fingerprint density at radius 1 is 0.412 bits per heavy atom. The lowest BCUT2D eigenvalue weighted by atomic mass is 10.0. The highest BCUT2D eigenvalue weighted by molar-refractivity contribution is 6.00. The van der Waals surface area contributed by atoms with Crippen LogP contribution in [0.5, 0.6) is 0 Å². The van der Waals surface area contributed by atoms with Gasteiger partial charge < -0.3 is 30.6 Å². The second-order valence-electron chi connectivity index (χ2n) is 16.3. The number of nitrogens with one attached hydrogen (secondary N) is 3. The van der Waals surface area contributed by atoms with Gasteiger partial charge in [-0.15, -0.1) is 0 Å². The zero-order chi connectivity index (χ0) is 47.1. The number of aromatic nitrogens is 4. The number of aromatic amines is 2. The Bertz CT molecular complexity index is 3220. The van der Waals surface area contributed by atoms with Gasteiger partial charge in [0, 0.05) is 63.1 Å². The van der Waals surface area contributed by atoms with Crippen LogP contribution in [-0.2, 0) is 19.2 Å². The summed E-state index contributed by atoms with van der Waals surface area (Å²) in [4.78, 5) is 68.4. The van der Waals surface area contributed by atoms with Crippen molar-refractivity contribution in [2.45, 2.75) is 0 Å². The maximum Gasteiger partial charge on any atom is 0.317 e. The summed E-state index contributed by atoms with van der Waals surface area (Å²) >= 11 is 0. The molecule has 68 heavy (non-hydrogen) atoms. The van der Waals surface area contributed by atoms with Crippen molar-refractivity contribution in [1.82, 2.24) is 29.7 Å². The summed E-state index contributed by atoms with van der Waals surface area (Å²) in [7, 11) is 0. The molecule has 7 aromatic rings. The van der Waals surface area contributed by atoms with E-state index in [1.165, 1.54) is 4.90 Å². The van der Waals surface area contributed by atoms with E-state index in [0.717, 1.165) is 88.6 Å². The number of anilines is 1. The third-order valence-electron chi connectivity index (χ3n) is 11.6. The van der Waals surface area contributed by atoms with Crippen LogP contribution in [0.4, 0.5) is 5.69 Å². The van der Waals surface area contributed by atoms with Crippen molar-refractivity contribution in [2.75, 3.05) is 44.6 Å². The normalized spacial score (nSPS) is 11.9. The molecule has 0 spiro atoms. The predicted molar refractivity (Wildman–Crippen MR) is 265 cm³/mol. The smallest absolute Gasteiger partial charge is 0.317 e. The quantitative estimate of drug-likeness (QED) is 0.0540. The van der Waals surface area contributed by atoms with Crippen LogP contribution in [0.15, 0.2) is 140 Å². The second kappa shape index (κ2) is 19.8. The largest absolute Gasteiger partial charge is 0.480 e. The Balaban J connectivity index is 1.16. The first-order valence-corrected chi connectivity index (χ1v) is 21.9. The number of H-pyrrole nitrogens is 2. The van der Waals surface area contributed by atoms with Gasteiger partial charge in [-0.05, 0) is 83.0 Å². The Kier molecular flexibility index (Phi) is 12.9. The maximum atomic E-state index is 13.4. The van der Waals surface area contributed by atoms with E-state index in [0.29, 0.717) is 11.4 Å². The van der Waals surface area contributed by atoms with Crippen LogP contribution in [0, 0.1) is 0 Å². The van der Waals surface area contributed by atoms with Gasteiger partial charge in [0.05, 0.1) is 49.0 Å². The van der Waals surface area contributed by atoms with Crippen LogP contribution in [-0.4, -0.2) is 108 Å². The maximum absolute atomic E-state index is 13.4. The van der Waals surface area contributed by atoms with Gasteiger partial charge in [-0.1, -0.05) is 103 Å². The molecule has 1 amide bonds. The molecule has 14 heteroatoms. The monoisotopic (exact) mass is 903 g/mol. The fourth-order valence-corrected chi connectivity index (χ4v) is 8.64. The van der Waals surface area contributed by atoms with E-state index in [9.17, 15) is 34.5 Å². The molecule has 2 aliphatic rings. The first-order chi connectivity index (χ1) is 33.1. The van der Waals surface area contributed by atoms with Crippen molar-refractivity contribution in [3.63, 3.8) is 0 Å². The average Bonchev–Trinajstić information content (AvgIpc) is 4.18. The summed E-state index contributed by atoms with van der Waals surface area (Å²) in [6.45, 7) is -2.09. The molecule has 0 saturated carbocycles. The number of carboxylic acid groups (broad SMARTS) is 3. The summed E-state index contributed by atoms with van der Waals surface area (Å²) in [5, 5.41) is 30.9. The third-order valence-corrected chi connectivity index (χ3v) is 11.6. The van der Waals surface area contributed by atoms with E-state index in [2.05, 4.69) is 76.0 Å². The lowest BCUT2D eigenvalue weighted by Gasteiger charge is -2.24. The Morgan fingerprint density at radius 2 is 0.721 bits per heavy atom. The summed E-state index contributed by atoms with van der Waals surface area (Å²) in [5.41, 5.74) is 14.3. The predicted octanol–water partition coefficient (Wildman–Crippen LogP) is 9.12. The average molecular weight is 904 g/mol. The minimum atomic E-state index is -1.23. The van der Waals surface area contributed by atoms with Gasteiger partial charge >= 0.3 is 17.9 Å². The van der Waals surface area contributed by atoms with Crippen LogP contribution in [0.1, 0.15) is 22.8 Å². The van der Waals surface area contributed by atoms with E-state index < -0.39 is 43.4 Å². The number of nitrogens with zero attached hydrogens (tertiary/aromatic N) is 4. The van der Waals surface area contributed by atoms with Crippen LogP contribution >= 0.6 is 0 Å². The number of carbonyl (C=O) groups excluding carboxylic acids is 1. The summed E-state index contributed by atoms with van der Waals surface area (Å²) in [6.07, 6.45) is 8.15. The van der Waals surface area contributed by atoms with E-state index >= 15 is 0 Å². The molecule has 8 bridgehead atoms. The lowest BCUT2D eigenvalue weighted by molar-refractivity contribution is -0.143. The summed E-state index contributed by atoms with van der Waals surface area (Å²) < 4.78 is 0. The van der Waals surface area contributed by atoms with Crippen LogP contribution in [0.25, 0.3) is 90.9 Å². The standard InChI is InChI=1S/C54H45N7O7/c62-47(30-60(31-48(63)64)28-29-61(32-49(65)66)33-50(67)68)55-38-18-16-37(17-19-38)54-45-26-24-43(58-45)52(35-12-6-2-7-13-35)41-22-20-39(56-41)51(34-10-4-1-5-11-34)40-21-23-42(57-40)53(36-14-8-3-9-15-36)44-25-27-46(54)59-44/h1-27,56,59H,28-33H2,(H,55,62)(H,63,64)(H,65,66)(H,67,68).